The van der Waals surface area contributed by atoms with Crippen LogP contribution in [0.15, 0.2) is 57.9 Å². The molecule has 0 radical (unpaired) electrons. The number of hydrogen-bond acceptors (Lipinski definition) is 3. The highest BCUT2D eigenvalue weighted by molar-refractivity contribution is 5.51. The topological polar surface area (TPSA) is 28.0 Å². The highest BCUT2D eigenvalue weighted by atomic mass is 15.1. The van der Waals surface area contributed by atoms with E-state index >= 15 is 0 Å². The van der Waals surface area contributed by atoms with Gasteiger partial charge >= 0.3 is 0 Å². The molecule has 0 bridgehead atoms. The summed E-state index contributed by atoms with van der Waals surface area (Å²) in [7, 11) is 4.05. The van der Waals surface area contributed by atoms with Crippen LogP contribution in [0.25, 0.3) is 0 Å². The largest absolute Gasteiger partial charge is 0.378 e. The van der Waals surface area contributed by atoms with E-state index in [1.807, 2.05) is 38.4 Å². The summed E-state index contributed by atoms with van der Waals surface area (Å²) in [5.74, 6) is 0. The first-order valence-corrected chi connectivity index (χ1v) is 5.72. The lowest BCUT2D eigenvalue weighted by Crippen LogP contribution is -2.07. The molecule has 88 valence electrons. The maximum absolute atomic E-state index is 4.28. The van der Waals surface area contributed by atoms with Crippen LogP contribution in [-0.2, 0) is 0 Å². The Balaban J connectivity index is 2.09. The molecule has 0 amide bonds. The Kier molecular flexibility index (Phi) is 3.38. The number of allylic oxidation sites excluding steroid dienone is 3. The van der Waals surface area contributed by atoms with Gasteiger partial charge in [0.15, 0.2) is 0 Å². The van der Waals surface area contributed by atoms with Gasteiger partial charge in [0.25, 0.3) is 0 Å². The van der Waals surface area contributed by atoms with E-state index in [9.17, 15) is 0 Å². The third-order valence-electron chi connectivity index (χ3n) is 2.79. The summed E-state index contributed by atoms with van der Waals surface area (Å²) < 4.78 is 0. The van der Waals surface area contributed by atoms with Crippen LogP contribution in [0, 0.1) is 0 Å². The molecule has 0 spiro atoms. The van der Waals surface area contributed by atoms with Gasteiger partial charge in [-0.1, -0.05) is 12.2 Å². The molecule has 0 aromatic heterocycles. The fourth-order valence-corrected chi connectivity index (χ4v) is 1.66. The fraction of sp³-hybridized carbons (Fsp3) is 0.286. The van der Waals surface area contributed by atoms with Crippen molar-refractivity contribution in [3.63, 3.8) is 0 Å². The van der Waals surface area contributed by atoms with Crippen molar-refractivity contribution in [1.29, 1.82) is 0 Å². The van der Waals surface area contributed by atoms with E-state index in [1.54, 1.807) is 0 Å². The Morgan fingerprint density at radius 1 is 1.06 bits per heavy atom. The maximum Gasteiger partial charge on any atom is 0.0858 e. The first-order chi connectivity index (χ1) is 8.16. The molecule has 0 N–H and O–H groups in total. The van der Waals surface area contributed by atoms with Crippen LogP contribution in [0.5, 0.6) is 0 Å². The van der Waals surface area contributed by atoms with Gasteiger partial charge in [0.05, 0.1) is 11.4 Å². The van der Waals surface area contributed by atoms with Crippen molar-refractivity contribution in [2.24, 2.45) is 10.2 Å². The molecule has 0 fully saturated rings. The molecular formula is C14H17N3. The smallest absolute Gasteiger partial charge is 0.0858 e. The maximum atomic E-state index is 4.28. The average molecular weight is 227 g/mol. The Morgan fingerprint density at radius 2 is 1.76 bits per heavy atom. The van der Waals surface area contributed by atoms with Crippen LogP contribution >= 0.6 is 0 Å². The lowest BCUT2D eigenvalue weighted by molar-refractivity contribution is 1.06. The van der Waals surface area contributed by atoms with Crippen LogP contribution in [0.3, 0.4) is 0 Å². The predicted octanol–water partition coefficient (Wildman–Crippen LogP) is 4.07. The van der Waals surface area contributed by atoms with Crippen molar-refractivity contribution in [3.05, 3.63) is 47.7 Å². The zero-order valence-electron chi connectivity index (χ0n) is 10.5. The van der Waals surface area contributed by atoms with Gasteiger partial charge in [-0.2, -0.15) is 10.2 Å². The summed E-state index contributed by atoms with van der Waals surface area (Å²) in [5.41, 5.74) is 4.32. The van der Waals surface area contributed by atoms with Gasteiger partial charge in [0.1, 0.15) is 0 Å². The number of rotatable bonds is 3. The van der Waals surface area contributed by atoms with Crippen LogP contribution in [0.2, 0.25) is 0 Å². The molecule has 0 atom stereocenters. The van der Waals surface area contributed by atoms with E-state index in [2.05, 4.69) is 34.2 Å². The van der Waals surface area contributed by atoms with Crippen molar-refractivity contribution in [2.75, 3.05) is 19.0 Å². The number of anilines is 1. The SMILES string of the molecule is CC1=C(N=Nc2ccc(N(C)C)cc2)CC=C1. The Hall–Kier alpha value is -1.90. The number of nitrogens with zero attached hydrogens (tertiary/aromatic N) is 3. The summed E-state index contributed by atoms with van der Waals surface area (Å²) in [6.07, 6.45) is 5.09. The van der Waals surface area contributed by atoms with Gasteiger partial charge in [-0.3, -0.25) is 0 Å². The second-order valence-corrected chi connectivity index (χ2v) is 4.35. The minimum atomic E-state index is 0.891. The molecule has 0 saturated carbocycles. The minimum absolute atomic E-state index is 0.891. The molecule has 17 heavy (non-hydrogen) atoms. The molecule has 2 rings (SSSR count). The molecule has 1 aromatic rings. The molecule has 1 aliphatic rings. The van der Waals surface area contributed by atoms with Gasteiger partial charge in [0.2, 0.25) is 0 Å². The van der Waals surface area contributed by atoms with Gasteiger partial charge in [0, 0.05) is 26.2 Å². The van der Waals surface area contributed by atoms with E-state index in [0.717, 1.165) is 17.8 Å². The van der Waals surface area contributed by atoms with E-state index in [0.29, 0.717) is 0 Å². The van der Waals surface area contributed by atoms with Crippen molar-refractivity contribution >= 4 is 11.4 Å². The zero-order valence-corrected chi connectivity index (χ0v) is 10.5. The van der Waals surface area contributed by atoms with Crippen LogP contribution in [-0.4, -0.2) is 14.1 Å². The molecule has 1 aromatic carbocycles. The lowest BCUT2D eigenvalue weighted by atomic mass is 10.3. The molecule has 0 aliphatic heterocycles. The van der Waals surface area contributed by atoms with E-state index < -0.39 is 0 Å². The van der Waals surface area contributed by atoms with E-state index in [4.69, 9.17) is 0 Å². The van der Waals surface area contributed by atoms with Crippen LogP contribution < -0.4 is 4.90 Å². The van der Waals surface area contributed by atoms with Crippen molar-refractivity contribution in [1.82, 2.24) is 0 Å². The molecular weight excluding hydrogens is 210 g/mol. The van der Waals surface area contributed by atoms with Gasteiger partial charge < -0.3 is 4.90 Å². The summed E-state index contributed by atoms with van der Waals surface area (Å²) in [6.45, 7) is 2.06. The fourth-order valence-electron chi connectivity index (χ4n) is 1.66. The summed E-state index contributed by atoms with van der Waals surface area (Å²) in [5, 5.41) is 8.53. The Bertz CT molecular complexity index is 479. The summed E-state index contributed by atoms with van der Waals surface area (Å²) in [4.78, 5) is 2.06. The van der Waals surface area contributed by atoms with E-state index in [-0.39, 0.29) is 0 Å². The normalized spacial score (nSPS) is 15.0. The average Bonchev–Trinajstić information content (AvgIpc) is 2.73. The Morgan fingerprint density at radius 3 is 2.29 bits per heavy atom. The molecule has 0 unspecified atom stereocenters. The second kappa shape index (κ2) is 4.95. The first kappa shape index (κ1) is 11.6. The van der Waals surface area contributed by atoms with Crippen molar-refractivity contribution in [2.45, 2.75) is 13.3 Å². The molecule has 3 nitrogen and oxygen atoms in total. The van der Waals surface area contributed by atoms with Crippen LogP contribution in [0.1, 0.15) is 13.3 Å². The Labute approximate surface area is 102 Å². The molecule has 1 aliphatic carbocycles. The predicted molar refractivity (Wildman–Crippen MR) is 71.7 cm³/mol. The van der Waals surface area contributed by atoms with Gasteiger partial charge in [-0.15, -0.1) is 0 Å². The third kappa shape index (κ3) is 2.81. The van der Waals surface area contributed by atoms with Gasteiger partial charge in [-0.25, -0.2) is 0 Å². The third-order valence-corrected chi connectivity index (χ3v) is 2.79. The molecule has 3 heteroatoms. The molecule has 0 saturated heterocycles. The summed E-state index contributed by atoms with van der Waals surface area (Å²) >= 11 is 0. The zero-order chi connectivity index (χ0) is 12.3. The standard InChI is InChI=1S/C14H17N3/c1-11-5-4-6-14(11)16-15-12-7-9-13(10-8-12)17(2)3/h4-5,7-10H,6H2,1-3H3. The minimum Gasteiger partial charge on any atom is -0.378 e. The quantitative estimate of drug-likeness (QED) is 0.715. The number of hydrogen-bond donors (Lipinski definition) is 0. The van der Waals surface area contributed by atoms with Crippen molar-refractivity contribution < 1.29 is 0 Å². The van der Waals surface area contributed by atoms with E-state index in [1.165, 1.54) is 11.3 Å². The second-order valence-electron chi connectivity index (χ2n) is 4.35. The lowest BCUT2D eigenvalue weighted by Gasteiger charge is -2.11. The number of benzene rings is 1. The molecule has 0 heterocycles. The monoisotopic (exact) mass is 227 g/mol. The van der Waals surface area contributed by atoms with Gasteiger partial charge in [-0.05, 0) is 36.8 Å². The highest BCUT2D eigenvalue weighted by Gasteiger charge is 2.03. The first-order valence-electron chi connectivity index (χ1n) is 5.72. The highest BCUT2D eigenvalue weighted by Crippen LogP contribution is 2.23. The number of azo groups is 1. The van der Waals surface area contributed by atoms with Crippen LogP contribution in [0.4, 0.5) is 11.4 Å². The summed E-state index contributed by atoms with van der Waals surface area (Å²) in [6, 6.07) is 8.05. The van der Waals surface area contributed by atoms with Crippen molar-refractivity contribution in [3.8, 4) is 0 Å².